The van der Waals surface area contributed by atoms with E-state index in [1.807, 2.05) is 19.1 Å². The maximum atomic E-state index is 11.8. The summed E-state index contributed by atoms with van der Waals surface area (Å²) in [5.41, 5.74) is 6.34. The molecule has 0 aliphatic rings. The molecule has 1 amide bonds. The van der Waals surface area contributed by atoms with Gasteiger partial charge in [-0.15, -0.1) is 0 Å². The fourth-order valence-corrected chi connectivity index (χ4v) is 1.60. The Bertz CT molecular complexity index is 421. The molecule has 106 valence electrons. The van der Waals surface area contributed by atoms with Crippen molar-refractivity contribution in [1.82, 2.24) is 5.32 Å². The molecular weight excluding hydrogens is 244 g/mol. The van der Waals surface area contributed by atoms with E-state index in [1.165, 1.54) is 0 Å². The lowest BCUT2D eigenvalue weighted by Gasteiger charge is -2.12. The molecule has 0 aliphatic carbocycles. The van der Waals surface area contributed by atoms with E-state index in [0.717, 1.165) is 5.56 Å². The second-order valence-corrected chi connectivity index (χ2v) is 4.50. The van der Waals surface area contributed by atoms with E-state index in [2.05, 4.69) is 5.32 Å². The van der Waals surface area contributed by atoms with Crippen LogP contribution < -0.4 is 20.5 Å². The van der Waals surface area contributed by atoms with E-state index in [9.17, 15) is 4.79 Å². The second kappa shape index (κ2) is 7.63. The Balaban J connectivity index is 2.63. The number of amides is 1. The molecule has 1 aromatic rings. The van der Waals surface area contributed by atoms with Crippen molar-refractivity contribution in [3.8, 4) is 11.5 Å². The number of hydrogen-bond acceptors (Lipinski definition) is 4. The molecule has 1 atom stereocenters. The Hall–Kier alpha value is -1.75. The van der Waals surface area contributed by atoms with E-state index < -0.39 is 0 Å². The van der Waals surface area contributed by atoms with E-state index in [-0.39, 0.29) is 18.2 Å². The monoisotopic (exact) mass is 266 g/mol. The number of rotatable bonds is 7. The first-order valence-corrected chi connectivity index (χ1v) is 6.28. The molecule has 1 unspecified atom stereocenters. The van der Waals surface area contributed by atoms with Gasteiger partial charge < -0.3 is 20.5 Å². The molecule has 0 bridgehead atoms. The predicted octanol–water partition coefficient (Wildman–Crippen LogP) is 0.957. The molecule has 0 aliphatic heterocycles. The zero-order chi connectivity index (χ0) is 14.3. The lowest BCUT2D eigenvalue weighted by Crippen LogP contribution is -2.32. The standard InChI is InChI=1S/C14H22N2O3/c1-10(8-15)9-16-14(17)6-11-4-5-12(18-2)7-13(11)19-3/h4-5,7,10H,6,8-9,15H2,1-3H3,(H,16,17). The van der Waals surface area contributed by atoms with Gasteiger partial charge in [0.05, 0.1) is 20.6 Å². The molecule has 5 nitrogen and oxygen atoms in total. The van der Waals surface area contributed by atoms with Crippen molar-refractivity contribution in [2.24, 2.45) is 11.7 Å². The highest BCUT2D eigenvalue weighted by atomic mass is 16.5. The largest absolute Gasteiger partial charge is 0.497 e. The molecule has 0 saturated heterocycles. The number of nitrogens with two attached hydrogens (primary N) is 1. The van der Waals surface area contributed by atoms with Gasteiger partial charge in [0.15, 0.2) is 0 Å². The van der Waals surface area contributed by atoms with Crippen LogP contribution in [0, 0.1) is 5.92 Å². The highest BCUT2D eigenvalue weighted by molar-refractivity contribution is 5.79. The summed E-state index contributed by atoms with van der Waals surface area (Å²) in [4.78, 5) is 11.8. The summed E-state index contributed by atoms with van der Waals surface area (Å²) in [6.07, 6.45) is 0.282. The van der Waals surface area contributed by atoms with Crippen LogP contribution in [0.4, 0.5) is 0 Å². The van der Waals surface area contributed by atoms with Crippen LogP contribution in [0.5, 0.6) is 11.5 Å². The molecular formula is C14H22N2O3. The van der Waals surface area contributed by atoms with Gasteiger partial charge in [-0.3, -0.25) is 4.79 Å². The smallest absolute Gasteiger partial charge is 0.224 e. The van der Waals surface area contributed by atoms with Crippen LogP contribution in [0.25, 0.3) is 0 Å². The zero-order valence-corrected chi connectivity index (χ0v) is 11.7. The lowest BCUT2D eigenvalue weighted by molar-refractivity contribution is -0.120. The van der Waals surface area contributed by atoms with Gasteiger partial charge in [0, 0.05) is 18.2 Å². The van der Waals surface area contributed by atoms with Crippen molar-refractivity contribution >= 4 is 5.91 Å². The number of hydrogen-bond donors (Lipinski definition) is 2. The fraction of sp³-hybridized carbons (Fsp3) is 0.500. The van der Waals surface area contributed by atoms with E-state index in [1.54, 1.807) is 20.3 Å². The number of ether oxygens (including phenoxy) is 2. The summed E-state index contributed by atoms with van der Waals surface area (Å²) in [7, 11) is 3.17. The average molecular weight is 266 g/mol. The molecule has 19 heavy (non-hydrogen) atoms. The summed E-state index contributed by atoms with van der Waals surface area (Å²) in [6.45, 7) is 3.15. The van der Waals surface area contributed by atoms with Gasteiger partial charge in [-0.25, -0.2) is 0 Å². The Morgan fingerprint density at radius 2 is 2.11 bits per heavy atom. The minimum absolute atomic E-state index is 0.0382. The van der Waals surface area contributed by atoms with Crippen LogP contribution in [0.3, 0.4) is 0 Å². The fourth-order valence-electron chi connectivity index (χ4n) is 1.60. The Labute approximate surface area is 114 Å². The van der Waals surface area contributed by atoms with Crippen LogP contribution in [0.1, 0.15) is 12.5 Å². The van der Waals surface area contributed by atoms with Crippen molar-refractivity contribution in [3.63, 3.8) is 0 Å². The maximum absolute atomic E-state index is 11.8. The van der Waals surface area contributed by atoms with Gasteiger partial charge in [0.2, 0.25) is 5.91 Å². The first-order valence-electron chi connectivity index (χ1n) is 6.28. The van der Waals surface area contributed by atoms with Crippen LogP contribution >= 0.6 is 0 Å². The normalized spacial score (nSPS) is 11.8. The zero-order valence-electron chi connectivity index (χ0n) is 11.7. The summed E-state index contributed by atoms with van der Waals surface area (Å²) in [6, 6.07) is 5.42. The third kappa shape index (κ3) is 4.79. The third-order valence-electron chi connectivity index (χ3n) is 2.90. The molecule has 0 radical (unpaired) electrons. The number of carbonyl (C=O) groups is 1. The minimum atomic E-state index is -0.0382. The van der Waals surface area contributed by atoms with Crippen molar-refractivity contribution < 1.29 is 14.3 Å². The molecule has 0 saturated carbocycles. The molecule has 0 heterocycles. The first-order chi connectivity index (χ1) is 9.10. The van der Waals surface area contributed by atoms with Gasteiger partial charge in [-0.2, -0.15) is 0 Å². The lowest BCUT2D eigenvalue weighted by atomic mass is 10.1. The summed E-state index contributed by atoms with van der Waals surface area (Å²) in [5, 5.41) is 2.86. The van der Waals surface area contributed by atoms with Crippen LogP contribution in [-0.2, 0) is 11.2 Å². The number of carbonyl (C=O) groups excluding carboxylic acids is 1. The SMILES string of the molecule is COc1ccc(CC(=O)NCC(C)CN)c(OC)c1. The highest BCUT2D eigenvalue weighted by Gasteiger charge is 2.10. The molecule has 5 heteroatoms. The van der Waals surface area contributed by atoms with Crippen LogP contribution in [-0.4, -0.2) is 33.2 Å². The summed E-state index contributed by atoms with van der Waals surface area (Å²) >= 11 is 0. The van der Waals surface area contributed by atoms with Gasteiger partial charge >= 0.3 is 0 Å². The second-order valence-electron chi connectivity index (χ2n) is 4.50. The van der Waals surface area contributed by atoms with Crippen molar-refractivity contribution in [2.75, 3.05) is 27.3 Å². The third-order valence-corrected chi connectivity index (χ3v) is 2.90. The molecule has 3 N–H and O–H groups in total. The summed E-state index contributed by atoms with van der Waals surface area (Å²) in [5.74, 6) is 1.60. The highest BCUT2D eigenvalue weighted by Crippen LogP contribution is 2.24. The molecule has 0 fully saturated rings. The van der Waals surface area contributed by atoms with Crippen molar-refractivity contribution in [2.45, 2.75) is 13.3 Å². The van der Waals surface area contributed by atoms with Gasteiger partial charge in [0.1, 0.15) is 11.5 Å². The van der Waals surface area contributed by atoms with Gasteiger partial charge in [0.25, 0.3) is 0 Å². The molecule has 0 aromatic heterocycles. The summed E-state index contributed by atoms with van der Waals surface area (Å²) < 4.78 is 10.4. The van der Waals surface area contributed by atoms with Crippen LogP contribution in [0.15, 0.2) is 18.2 Å². The Morgan fingerprint density at radius 1 is 1.37 bits per heavy atom. The number of benzene rings is 1. The van der Waals surface area contributed by atoms with E-state index >= 15 is 0 Å². The van der Waals surface area contributed by atoms with E-state index in [0.29, 0.717) is 24.6 Å². The van der Waals surface area contributed by atoms with Crippen molar-refractivity contribution in [1.29, 1.82) is 0 Å². The molecule has 1 rings (SSSR count). The number of methoxy groups -OCH3 is 2. The topological polar surface area (TPSA) is 73.6 Å². The Morgan fingerprint density at radius 3 is 2.68 bits per heavy atom. The van der Waals surface area contributed by atoms with Crippen molar-refractivity contribution in [3.05, 3.63) is 23.8 Å². The minimum Gasteiger partial charge on any atom is -0.497 e. The average Bonchev–Trinajstić information content (AvgIpc) is 2.45. The van der Waals surface area contributed by atoms with Gasteiger partial charge in [-0.05, 0) is 18.5 Å². The maximum Gasteiger partial charge on any atom is 0.224 e. The quantitative estimate of drug-likeness (QED) is 0.771. The molecule has 1 aromatic carbocycles. The number of nitrogens with one attached hydrogen (secondary N) is 1. The Kier molecular flexibility index (Phi) is 6.15. The first kappa shape index (κ1) is 15.3. The molecule has 0 spiro atoms. The predicted molar refractivity (Wildman–Crippen MR) is 74.5 cm³/mol. The van der Waals surface area contributed by atoms with E-state index in [4.69, 9.17) is 15.2 Å². The van der Waals surface area contributed by atoms with Gasteiger partial charge in [-0.1, -0.05) is 13.0 Å². The van der Waals surface area contributed by atoms with Crippen LogP contribution in [0.2, 0.25) is 0 Å².